The first-order chi connectivity index (χ1) is 17.4. The average Bonchev–Trinajstić information content (AvgIpc) is 3.16. The Labute approximate surface area is 217 Å². The van der Waals surface area contributed by atoms with Crippen LogP contribution in [0.25, 0.3) is 0 Å². The Bertz CT molecular complexity index is 1110. The minimum Gasteiger partial charge on any atom is -0.396 e. The second-order valence-corrected chi connectivity index (χ2v) is 11.7. The van der Waals surface area contributed by atoms with Gasteiger partial charge in [-0.1, -0.05) is 49.4 Å². The molecule has 5 atom stereocenters. The van der Waals surface area contributed by atoms with E-state index in [1.54, 1.807) is 21.6 Å². The molecule has 0 aromatic heterocycles. The summed E-state index contributed by atoms with van der Waals surface area (Å²) < 4.78 is -0.820. The van der Waals surface area contributed by atoms with Gasteiger partial charge in [0, 0.05) is 43.7 Å². The molecule has 4 aliphatic rings. The number of para-hydroxylation sites is 1. The van der Waals surface area contributed by atoms with Crippen LogP contribution in [0.1, 0.15) is 30.9 Å². The fraction of sp³-hybridized carbons (Fsp3) is 0.536. The highest BCUT2D eigenvalue weighted by molar-refractivity contribution is 8.02. The molecule has 1 spiro atoms. The summed E-state index contributed by atoms with van der Waals surface area (Å²) in [7, 11) is 0. The van der Waals surface area contributed by atoms with E-state index in [4.69, 9.17) is 0 Å². The maximum Gasteiger partial charge on any atom is 0.251 e. The molecule has 3 amide bonds. The zero-order valence-electron chi connectivity index (χ0n) is 21.2. The van der Waals surface area contributed by atoms with Crippen molar-refractivity contribution in [1.82, 2.24) is 9.80 Å². The number of aliphatic hydroxyl groups excluding tert-OH is 1. The minimum absolute atomic E-state index is 0.00836. The number of anilines is 1. The van der Waals surface area contributed by atoms with Crippen LogP contribution in [0.5, 0.6) is 0 Å². The van der Waals surface area contributed by atoms with Crippen molar-refractivity contribution in [2.75, 3.05) is 37.7 Å². The summed E-state index contributed by atoms with van der Waals surface area (Å²) in [4.78, 5) is 47.6. The van der Waals surface area contributed by atoms with Gasteiger partial charge in [-0.05, 0) is 37.8 Å². The maximum atomic E-state index is 14.4. The van der Waals surface area contributed by atoms with Gasteiger partial charge in [0.15, 0.2) is 0 Å². The fourth-order valence-corrected chi connectivity index (χ4v) is 8.58. The Morgan fingerprint density at radius 3 is 2.47 bits per heavy atom. The number of thioether (sulfide) groups is 1. The molecule has 0 aliphatic carbocycles. The van der Waals surface area contributed by atoms with E-state index in [0.717, 1.165) is 23.2 Å². The lowest BCUT2D eigenvalue weighted by molar-refractivity contribution is -0.142. The standard InChI is InChI=1S/C28H35N3O4S/c1-4-13-29-14-6-11-20-21(25(29)33)22-26(34)31(16-8-17-32)24-27(35)30(15-7-12-28(22,24)36-20)23-18(2)9-5-10-19(23)3/h5-7,9-12,20-22,24,32H,4,8,13-17H2,1-3H3/t20-,21+,22+,24?,28+/m1/s1. The average molecular weight is 510 g/mol. The smallest absolute Gasteiger partial charge is 0.251 e. The van der Waals surface area contributed by atoms with E-state index >= 15 is 0 Å². The van der Waals surface area contributed by atoms with Crippen LogP contribution < -0.4 is 4.90 Å². The minimum atomic E-state index is -0.820. The van der Waals surface area contributed by atoms with Gasteiger partial charge in [-0.25, -0.2) is 0 Å². The maximum absolute atomic E-state index is 14.4. The second kappa shape index (κ2) is 9.71. The number of likely N-dealkylation sites (tertiary alicyclic amines) is 1. The number of hydrogen-bond acceptors (Lipinski definition) is 5. The van der Waals surface area contributed by atoms with E-state index in [0.29, 0.717) is 32.6 Å². The predicted octanol–water partition coefficient (Wildman–Crippen LogP) is 2.69. The lowest BCUT2D eigenvalue weighted by Gasteiger charge is -2.36. The van der Waals surface area contributed by atoms with Gasteiger partial charge >= 0.3 is 0 Å². The molecule has 1 aromatic carbocycles. The first-order valence-corrected chi connectivity index (χ1v) is 13.8. The number of rotatable bonds is 6. The normalized spacial score (nSPS) is 31.4. The van der Waals surface area contributed by atoms with Gasteiger partial charge in [0.2, 0.25) is 11.8 Å². The summed E-state index contributed by atoms with van der Waals surface area (Å²) in [5, 5.41) is 9.42. The lowest BCUT2D eigenvalue weighted by Crippen LogP contribution is -2.53. The van der Waals surface area contributed by atoms with E-state index in [9.17, 15) is 19.5 Å². The number of hydrogen-bond donors (Lipinski definition) is 1. The van der Waals surface area contributed by atoms with Crippen LogP contribution in [-0.4, -0.2) is 81.5 Å². The van der Waals surface area contributed by atoms with Crippen molar-refractivity contribution in [1.29, 1.82) is 0 Å². The molecule has 8 heteroatoms. The summed E-state index contributed by atoms with van der Waals surface area (Å²) in [6, 6.07) is 5.26. The van der Waals surface area contributed by atoms with Gasteiger partial charge in [-0.15, -0.1) is 11.8 Å². The first-order valence-electron chi connectivity index (χ1n) is 13.0. The summed E-state index contributed by atoms with van der Waals surface area (Å²) in [5.41, 5.74) is 2.89. The Morgan fingerprint density at radius 2 is 1.78 bits per heavy atom. The number of nitrogens with zero attached hydrogens (tertiary/aromatic N) is 3. The van der Waals surface area contributed by atoms with Crippen LogP contribution in [0.15, 0.2) is 42.5 Å². The van der Waals surface area contributed by atoms with Crippen LogP contribution >= 0.6 is 11.8 Å². The third-order valence-corrected chi connectivity index (χ3v) is 9.75. The largest absolute Gasteiger partial charge is 0.396 e. The van der Waals surface area contributed by atoms with Crippen molar-refractivity contribution in [2.24, 2.45) is 11.8 Å². The Morgan fingerprint density at radius 1 is 1.03 bits per heavy atom. The number of aryl methyl sites for hydroxylation is 2. The van der Waals surface area contributed by atoms with Crippen molar-refractivity contribution >= 4 is 35.2 Å². The van der Waals surface area contributed by atoms with Crippen LogP contribution in [0.2, 0.25) is 0 Å². The molecule has 2 fully saturated rings. The lowest BCUT2D eigenvalue weighted by atomic mass is 9.78. The molecule has 1 unspecified atom stereocenters. The predicted molar refractivity (Wildman–Crippen MR) is 142 cm³/mol. The Kier molecular flexibility index (Phi) is 6.76. The van der Waals surface area contributed by atoms with Crippen molar-refractivity contribution < 1.29 is 19.5 Å². The van der Waals surface area contributed by atoms with Gasteiger partial charge < -0.3 is 19.8 Å². The molecule has 0 radical (unpaired) electrons. The topological polar surface area (TPSA) is 81.2 Å². The van der Waals surface area contributed by atoms with Crippen molar-refractivity contribution in [3.63, 3.8) is 0 Å². The van der Waals surface area contributed by atoms with E-state index in [2.05, 4.69) is 12.2 Å². The summed E-state index contributed by atoms with van der Waals surface area (Å²) >= 11 is 1.60. The van der Waals surface area contributed by atoms with Crippen molar-refractivity contribution in [3.05, 3.63) is 53.6 Å². The summed E-state index contributed by atoms with van der Waals surface area (Å²) in [6.45, 7) is 7.90. The molecule has 0 bridgehead atoms. The van der Waals surface area contributed by atoms with Gasteiger partial charge in [-0.3, -0.25) is 14.4 Å². The highest BCUT2D eigenvalue weighted by Gasteiger charge is 2.71. The van der Waals surface area contributed by atoms with Crippen molar-refractivity contribution in [2.45, 2.75) is 49.7 Å². The number of aliphatic hydroxyl groups is 1. The highest BCUT2D eigenvalue weighted by Crippen LogP contribution is 2.61. The van der Waals surface area contributed by atoms with Crippen LogP contribution in [-0.2, 0) is 14.4 Å². The number of carbonyl (C=O) groups is 3. The van der Waals surface area contributed by atoms with Crippen molar-refractivity contribution in [3.8, 4) is 0 Å². The molecule has 1 aromatic rings. The Hall–Kier alpha value is -2.58. The highest BCUT2D eigenvalue weighted by atomic mass is 32.2. The molecule has 192 valence electrons. The third-order valence-electron chi connectivity index (χ3n) is 8.00. The molecule has 1 N–H and O–H groups in total. The second-order valence-electron chi connectivity index (χ2n) is 10.3. The Balaban J connectivity index is 1.62. The van der Waals surface area contributed by atoms with Crippen LogP contribution in [0.4, 0.5) is 5.69 Å². The van der Waals surface area contributed by atoms with Crippen LogP contribution in [0, 0.1) is 25.7 Å². The monoisotopic (exact) mass is 509 g/mol. The first kappa shape index (κ1) is 25.1. The molecule has 5 rings (SSSR count). The molecular weight excluding hydrogens is 474 g/mol. The number of benzene rings is 1. The number of fused-ring (bicyclic) bond motifs is 2. The quantitative estimate of drug-likeness (QED) is 0.597. The zero-order chi connectivity index (χ0) is 25.6. The molecular formula is C28H35N3O4S. The summed E-state index contributed by atoms with van der Waals surface area (Å²) in [5.74, 6) is -1.36. The molecule has 0 saturated carbocycles. The van der Waals surface area contributed by atoms with Gasteiger partial charge in [0.05, 0.1) is 16.6 Å². The van der Waals surface area contributed by atoms with E-state index in [1.165, 1.54) is 0 Å². The SMILES string of the molecule is CCCN1CC=C[C@H]2S[C@]34C=CCN(c5c(C)cccc5C)C(=O)C3N(CCCO)C(=O)[C@@H]4[C@H]2C1=O. The molecule has 2 saturated heterocycles. The number of carbonyl (C=O) groups excluding carboxylic acids is 3. The van der Waals surface area contributed by atoms with Gasteiger partial charge in [-0.2, -0.15) is 0 Å². The van der Waals surface area contributed by atoms with Gasteiger partial charge in [0.25, 0.3) is 5.91 Å². The summed E-state index contributed by atoms with van der Waals surface area (Å²) in [6.07, 6.45) is 9.41. The zero-order valence-corrected chi connectivity index (χ0v) is 22.0. The van der Waals surface area contributed by atoms with Gasteiger partial charge in [0.1, 0.15) is 6.04 Å². The molecule has 7 nitrogen and oxygen atoms in total. The van der Waals surface area contributed by atoms with E-state index in [1.807, 2.05) is 56.0 Å². The molecule has 36 heavy (non-hydrogen) atoms. The number of amides is 3. The molecule has 4 aliphatic heterocycles. The fourth-order valence-electron chi connectivity index (χ4n) is 6.57. The van der Waals surface area contributed by atoms with E-state index < -0.39 is 22.6 Å². The van der Waals surface area contributed by atoms with E-state index in [-0.39, 0.29) is 29.6 Å². The molecule has 4 heterocycles. The third kappa shape index (κ3) is 3.72. The van der Waals surface area contributed by atoms with Crippen LogP contribution in [0.3, 0.4) is 0 Å².